The number of alkyl halides is 3. The van der Waals surface area contributed by atoms with E-state index >= 15 is 0 Å². The summed E-state index contributed by atoms with van der Waals surface area (Å²) >= 11 is 0.960. The highest BCUT2D eigenvalue weighted by Crippen LogP contribution is 2.29. The molecule has 0 aliphatic rings. The molecule has 9 heteroatoms. The zero-order valence-corrected chi connectivity index (χ0v) is 17.8. The minimum Gasteiger partial charge on any atom is -0.372 e. The van der Waals surface area contributed by atoms with Crippen molar-refractivity contribution in [1.29, 1.82) is 0 Å². The van der Waals surface area contributed by atoms with Crippen molar-refractivity contribution in [3.63, 3.8) is 0 Å². The average Bonchev–Trinajstić information content (AvgIpc) is 3.25. The molecule has 0 saturated carbocycles. The van der Waals surface area contributed by atoms with Gasteiger partial charge in [0.1, 0.15) is 5.01 Å². The van der Waals surface area contributed by atoms with Gasteiger partial charge in [-0.3, -0.25) is 4.99 Å². The third-order valence-electron chi connectivity index (χ3n) is 4.41. The zero-order chi connectivity index (χ0) is 22.1. The monoisotopic (exact) mass is 448 g/mol. The van der Waals surface area contributed by atoms with E-state index in [-0.39, 0.29) is 6.54 Å². The van der Waals surface area contributed by atoms with Crippen LogP contribution >= 0.6 is 11.3 Å². The molecule has 0 unspecified atom stereocenters. The van der Waals surface area contributed by atoms with Crippen molar-refractivity contribution in [3.05, 3.63) is 87.4 Å². The highest BCUT2D eigenvalue weighted by Gasteiger charge is 2.33. The quantitative estimate of drug-likeness (QED) is 0.386. The summed E-state index contributed by atoms with van der Waals surface area (Å²) in [6.07, 6.45) is -4.43. The molecule has 0 radical (unpaired) electrons. The molecule has 0 aliphatic carbocycles. The van der Waals surface area contributed by atoms with Crippen molar-refractivity contribution in [2.75, 3.05) is 7.05 Å². The maximum absolute atomic E-state index is 12.7. The normalized spacial score (nSPS) is 12.1. The molecule has 1 heterocycles. The molecule has 31 heavy (non-hydrogen) atoms. The second kappa shape index (κ2) is 10.9. The van der Waals surface area contributed by atoms with E-state index in [9.17, 15) is 13.2 Å². The Kier molecular flexibility index (Phi) is 8.02. The molecule has 0 bridgehead atoms. The van der Waals surface area contributed by atoms with E-state index in [1.165, 1.54) is 0 Å². The molecule has 3 rings (SSSR count). The predicted molar refractivity (Wildman–Crippen MR) is 116 cm³/mol. The van der Waals surface area contributed by atoms with E-state index in [0.29, 0.717) is 30.7 Å². The number of guanidine groups is 1. The molecule has 0 spiro atoms. The molecule has 164 valence electrons. The van der Waals surface area contributed by atoms with Crippen LogP contribution < -0.4 is 10.6 Å². The van der Waals surface area contributed by atoms with Gasteiger partial charge in [-0.15, -0.1) is 11.3 Å². The summed E-state index contributed by atoms with van der Waals surface area (Å²) in [5.41, 5.74) is 2.34. The van der Waals surface area contributed by atoms with E-state index in [1.807, 2.05) is 54.6 Å². The highest BCUT2D eigenvalue weighted by molar-refractivity contribution is 7.09. The second-order valence-electron chi connectivity index (χ2n) is 6.65. The smallest absolute Gasteiger partial charge is 0.372 e. The van der Waals surface area contributed by atoms with Crippen LogP contribution in [0.3, 0.4) is 0 Å². The molecule has 2 N–H and O–H groups in total. The van der Waals surface area contributed by atoms with Gasteiger partial charge in [-0.05, 0) is 16.7 Å². The lowest BCUT2D eigenvalue weighted by Crippen LogP contribution is -2.36. The number of aromatic nitrogens is 1. The fourth-order valence-electron chi connectivity index (χ4n) is 2.81. The number of ether oxygens (including phenoxy) is 1. The van der Waals surface area contributed by atoms with Crippen molar-refractivity contribution in [3.8, 4) is 0 Å². The number of nitrogens with one attached hydrogen (secondary N) is 2. The number of nitrogens with zero attached hydrogens (tertiary/aromatic N) is 2. The van der Waals surface area contributed by atoms with Gasteiger partial charge in [-0.2, -0.15) is 13.2 Å². The van der Waals surface area contributed by atoms with E-state index in [4.69, 9.17) is 4.74 Å². The molecule has 1 aromatic heterocycles. The summed E-state index contributed by atoms with van der Waals surface area (Å²) < 4.78 is 43.9. The fourth-order valence-corrected chi connectivity index (χ4v) is 3.55. The molecule has 0 aliphatic heterocycles. The maximum atomic E-state index is 12.7. The first-order valence-electron chi connectivity index (χ1n) is 9.60. The number of benzene rings is 2. The first kappa shape index (κ1) is 22.8. The Bertz CT molecular complexity index is 990. The van der Waals surface area contributed by atoms with Crippen LogP contribution in [0.5, 0.6) is 0 Å². The summed E-state index contributed by atoms with van der Waals surface area (Å²) in [7, 11) is 1.60. The number of aliphatic imine (C=N–C) groups is 1. The third kappa shape index (κ3) is 7.08. The van der Waals surface area contributed by atoms with Crippen molar-refractivity contribution >= 4 is 17.3 Å². The topological polar surface area (TPSA) is 58.5 Å². The third-order valence-corrected chi connectivity index (χ3v) is 5.26. The highest BCUT2D eigenvalue weighted by atomic mass is 32.1. The van der Waals surface area contributed by atoms with Crippen molar-refractivity contribution in [2.45, 2.75) is 32.5 Å². The molecule has 3 aromatic rings. The standard InChI is InChI=1S/C22H23F3N4OS/c1-26-21(28-12-20-29-19(15-31-20)22(23,24)25)27-11-17-9-5-6-10-18(17)14-30-13-16-7-3-2-4-8-16/h2-10,15H,11-14H2,1H3,(H2,26,27,28). The minimum atomic E-state index is -4.43. The van der Waals surface area contributed by atoms with Crippen molar-refractivity contribution in [2.24, 2.45) is 4.99 Å². The van der Waals surface area contributed by atoms with Crippen molar-refractivity contribution < 1.29 is 17.9 Å². The molecule has 5 nitrogen and oxygen atoms in total. The number of rotatable bonds is 8. The van der Waals surface area contributed by atoms with E-state index < -0.39 is 11.9 Å². The first-order chi connectivity index (χ1) is 15.0. The minimum absolute atomic E-state index is 0.155. The summed E-state index contributed by atoms with van der Waals surface area (Å²) in [4.78, 5) is 7.73. The molecule has 0 saturated heterocycles. The molecule has 0 fully saturated rings. The Balaban J connectivity index is 1.50. The molecular formula is C22H23F3N4OS. The summed E-state index contributed by atoms with van der Waals surface area (Å²) in [5.74, 6) is 0.476. The Morgan fingerprint density at radius 3 is 2.32 bits per heavy atom. The van der Waals surface area contributed by atoms with Crippen LogP contribution in [-0.4, -0.2) is 18.0 Å². The van der Waals surface area contributed by atoms with Crippen LogP contribution in [0, 0.1) is 0 Å². The number of halogens is 3. The molecule has 2 aromatic carbocycles. The number of thiazole rings is 1. The Hall–Kier alpha value is -2.91. The lowest BCUT2D eigenvalue weighted by molar-refractivity contribution is -0.140. The maximum Gasteiger partial charge on any atom is 0.434 e. The van der Waals surface area contributed by atoms with Crippen LogP contribution in [0.25, 0.3) is 0 Å². The van der Waals surface area contributed by atoms with Crippen LogP contribution in [-0.2, 0) is 37.2 Å². The average molecular weight is 449 g/mol. The van der Waals surface area contributed by atoms with E-state index in [0.717, 1.165) is 33.4 Å². The fraction of sp³-hybridized carbons (Fsp3) is 0.273. The zero-order valence-electron chi connectivity index (χ0n) is 16.9. The van der Waals surface area contributed by atoms with Crippen molar-refractivity contribution in [1.82, 2.24) is 15.6 Å². The first-order valence-corrected chi connectivity index (χ1v) is 10.5. The van der Waals surface area contributed by atoms with Crippen LogP contribution in [0.4, 0.5) is 13.2 Å². The van der Waals surface area contributed by atoms with E-state index in [1.54, 1.807) is 7.05 Å². The van der Waals surface area contributed by atoms with Gasteiger partial charge >= 0.3 is 6.18 Å². The van der Waals surface area contributed by atoms with Gasteiger partial charge in [-0.1, -0.05) is 54.6 Å². The number of hydrogen-bond donors (Lipinski definition) is 2. The lowest BCUT2D eigenvalue weighted by Gasteiger charge is -2.14. The Labute approximate surface area is 183 Å². The van der Waals surface area contributed by atoms with Gasteiger partial charge in [0.15, 0.2) is 11.7 Å². The van der Waals surface area contributed by atoms with Gasteiger partial charge in [-0.25, -0.2) is 4.98 Å². The Morgan fingerprint density at radius 2 is 1.65 bits per heavy atom. The largest absolute Gasteiger partial charge is 0.434 e. The van der Waals surface area contributed by atoms with Crippen LogP contribution in [0.2, 0.25) is 0 Å². The molecular weight excluding hydrogens is 425 g/mol. The Morgan fingerprint density at radius 1 is 0.968 bits per heavy atom. The van der Waals surface area contributed by atoms with Gasteiger partial charge in [0, 0.05) is 19.0 Å². The lowest BCUT2D eigenvalue weighted by atomic mass is 10.1. The van der Waals surface area contributed by atoms with Gasteiger partial charge < -0.3 is 15.4 Å². The molecule has 0 atom stereocenters. The number of hydrogen-bond acceptors (Lipinski definition) is 4. The van der Waals surface area contributed by atoms with Gasteiger partial charge in [0.2, 0.25) is 0 Å². The summed E-state index contributed by atoms with van der Waals surface area (Å²) in [6, 6.07) is 17.9. The SMILES string of the molecule is CN=C(NCc1nc(C(F)(F)F)cs1)NCc1ccccc1COCc1ccccc1. The predicted octanol–water partition coefficient (Wildman–Crippen LogP) is 4.74. The molecule has 0 amide bonds. The second-order valence-corrected chi connectivity index (χ2v) is 7.59. The summed E-state index contributed by atoms with van der Waals surface area (Å²) in [5, 5.41) is 7.52. The van der Waals surface area contributed by atoms with E-state index in [2.05, 4.69) is 20.6 Å². The summed E-state index contributed by atoms with van der Waals surface area (Å²) in [6.45, 7) is 1.65. The van der Waals surface area contributed by atoms with Gasteiger partial charge in [0.05, 0.1) is 19.8 Å². The van der Waals surface area contributed by atoms with Crippen LogP contribution in [0.1, 0.15) is 27.4 Å². The van der Waals surface area contributed by atoms with Gasteiger partial charge in [0.25, 0.3) is 0 Å². The van der Waals surface area contributed by atoms with Crippen LogP contribution in [0.15, 0.2) is 65.0 Å².